The van der Waals surface area contributed by atoms with E-state index in [1.54, 1.807) is 6.33 Å². The molecule has 0 amide bonds. The van der Waals surface area contributed by atoms with Crippen LogP contribution in [0.4, 0.5) is 0 Å². The molecule has 4 atom stereocenters. The third-order valence-electron chi connectivity index (χ3n) is 3.57. The van der Waals surface area contributed by atoms with Gasteiger partial charge in [-0.1, -0.05) is 0 Å². The number of nitrogens with one attached hydrogen (secondary N) is 1. The van der Waals surface area contributed by atoms with E-state index in [0.717, 1.165) is 17.8 Å². The number of piperidine rings is 1. The van der Waals surface area contributed by atoms with Gasteiger partial charge in [0.2, 0.25) is 0 Å². The van der Waals surface area contributed by atoms with E-state index in [1.807, 2.05) is 11.0 Å². The molecule has 2 fully saturated rings. The molecule has 0 radical (unpaired) electrons. The van der Waals surface area contributed by atoms with Crippen LogP contribution in [-0.4, -0.2) is 27.9 Å². The van der Waals surface area contributed by atoms with Gasteiger partial charge in [-0.25, -0.2) is 9.67 Å². The molecular formula is C9H14N4. The predicted molar refractivity (Wildman–Crippen MR) is 48.1 cm³/mol. The Labute approximate surface area is 77.4 Å². The van der Waals surface area contributed by atoms with Crippen LogP contribution in [0.25, 0.3) is 0 Å². The van der Waals surface area contributed by atoms with Gasteiger partial charge < -0.3 is 5.32 Å². The van der Waals surface area contributed by atoms with Gasteiger partial charge in [-0.2, -0.15) is 5.10 Å². The van der Waals surface area contributed by atoms with Gasteiger partial charge in [0.1, 0.15) is 12.7 Å². The molecule has 4 heteroatoms. The van der Waals surface area contributed by atoms with Gasteiger partial charge in [-0.15, -0.1) is 0 Å². The molecule has 2 aliphatic rings. The summed E-state index contributed by atoms with van der Waals surface area (Å²) in [6, 6.07) is 0.527. The molecule has 0 spiro atoms. The standard InChI is InChI=1S/C9H14N4/c1-6(13-5-11-4-12-13)9-7-2-10-3-8(7)9/h4-10H,2-3H2,1H3/t6?,7-,8+,9+. The summed E-state index contributed by atoms with van der Waals surface area (Å²) in [4.78, 5) is 3.98. The van der Waals surface area contributed by atoms with E-state index in [9.17, 15) is 0 Å². The van der Waals surface area contributed by atoms with Crippen LogP contribution >= 0.6 is 0 Å². The van der Waals surface area contributed by atoms with Crippen LogP contribution in [0, 0.1) is 17.8 Å². The maximum Gasteiger partial charge on any atom is 0.137 e. The number of fused-ring (bicyclic) bond motifs is 1. The average molecular weight is 178 g/mol. The fourth-order valence-corrected chi connectivity index (χ4v) is 2.79. The Kier molecular flexibility index (Phi) is 1.47. The largest absolute Gasteiger partial charge is 0.316 e. The molecule has 1 aliphatic heterocycles. The summed E-state index contributed by atoms with van der Waals surface area (Å²) in [6.07, 6.45) is 3.44. The maximum absolute atomic E-state index is 4.19. The Morgan fingerprint density at radius 2 is 2.23 bits per heavy atom. The van der Waals surface area contributed by atoms with Gasteiger partial charge in [-0.3, -0.25) is 0 Å². The normalized spacial score (nSPS) is 38.7. The smallest absolute Gasteiger partial charge is 0.137 e. The average Bonchev–Trinajstić information content (AvgIpc) is 2.68. The molecule has 1 aliphatic carbocycles. The first-order valence-electron chi connectivity index (χ1n) is 4.93. The third-order valence-corrected chi connectivity index (χ3v) is 3.57. The highest BCUT2D eigenvalue weighted by atomic mass is 15.3. The lowest BCUT2D eigenvalue weighted by Gasteiger charge is -2.13. The van der Waals surface area contributed by atoms with Gasteiger partial charge in [-0.05, 0) is 37.8 Å². The summed E-state index contributed by atoms with van der Waals surface area (Å²) < 4.78 is 1.99. The minimum absolute atomic E-state index is 0.527. The lowest BCUT2D eigenvalue weighted by molar-refractivity contribution is 0.387. The summed E-state index contributed by atoms with van der Waals surface area (Å²) >= 11 is 0. The Morgan fingerprint density at radius 3 is 2.85 bits per heavy atom. The zero-order valence-electron chi connectivity index (χ0n) is 7.72. The summed E-state index contributed by atoms with van der Waals surface area (Å²) in [5, 5.41) is 7.60. The molecule has 3 rings (SSSR count). The highest BCUT2D eigenvalue weighted by molar-refractivity contribution is 5.06. The monoisotopic (exact) mass is 178 g/mol. The van der Waals surface area contributed by atoms with E-state index in [-0.39, 0.29) is 0 Å². The zero-order valence-corrected chi connectivity index (χ0v) is 7.72. The number of hydrogen-bond donors (Lipinski definition) is 1. The lowest BCUT2D eigenvalue weighted by Crippen LogP contribution is -2.19. The van der Waals surface area contributed by atoms with Crippen molar-refractivity contribution in [1.82, 2.24) is 20.1 Å². The van der Waals surface area contributed by atoms with E-state index < -0.39 is 0 Å². The molecule has 0 bridgehead atoms. The van der Waals surface area contributed by atoms with Crippen molar-refractivity contribution in [2.45, 2.75) is 13.0 Å². The lowest BCUT2D eigenvalue weighted by atomic mass is 10.1. The van der Waals surface area contributed by atoms with E-state index in [0.29, 0.717) is 6.04 Å². The second kappa shape index (κ2) is 2.54. The van der Waals surface area contributed by atoms with Crippen molar-refractivity contribution in [3.05, 3.63) is 12.7 Å². The molecule has 0 aromatic carbocycles. The summed E-state index contributed by atoms with van der Waals surface area (Å²) in [7, 11) is 0. The predicted octanol–water partition coefficient (Wildman–Crippen LogP) is 0.304. The number of aromatic nitrogens is 3. The van der Waals surface area contributed by atoms with Crippen molar-refractivity contribution in [2.24, 2.45) is 17.8 Å². The van der Waals surface area contributed by atoms with E-state index in [1.165, 1.54) is 13.1 Å². The van der Waals surface area contributed by atoms with Crippen molar-refractivity contribution in [2.75, 3.05) is 13.1 Å². The first kappa shape index (κ1) is 7.50. The Hall–Kier alpha value is -0.900. The fraction of sp³-hybridized carbons (Fsp3) is 0.778. The Bertz CT molecular complexity index is 285. The molecule has 2 heterocycles. The van der Waals surface area contributed by atoms with Crippen LogP contribution in [0.15, 0.2) is 12.7 Å². The first-order valence-corrected chi connectivity index (χ1v) is 4.93. The molecule has 1 aromatic heterocycles. The van der Waals surface area contributed by atoms with Gasteiger partial charge in [0.25, 0.3) is 0 Å². The van der Waals surface area contributed by atoms with E-state index in [4.69, 9.17) is 0 Å². The topological polar surface area (TPSA) is 42.7 Å². The number of hydrogen-bond acceptors (Lipinski definition) is 3. The van der Waals surface area contributed by atoms with Gasteiger partial charge in [0.15, 0.2) is 0 Å². The van der Waals surface area contributed by atoms with Crippen molar-refractivity contribution in [3.63, 3.8) is 0 Å². The molecule has 1 N–H and O–H groups in total. The van der Waals surface area contributed by atoms with Gasteiger partial charge in [0.05, 0.1) is 6.04 Å². The van der Waals surface area contributed by atoms with Crippen molar-refractivity contribution in [1.29, 1.82) is 0 Å². The molecule has 4 nitrogen and oxygen atoms in total. The summed E-state index contributed by atoms with van der Waals surface area (Å²) in [5.74, 6) is 2.64. The van der Waals surface area contributed by atoms with Crippen LogP contribution in [0.3, 0.4) is 0 Å². The first-order chi connectivity index (χ1) is 6.38. The quantitative estimate of drug-likeness (QED) is 0.708. The second-order valence-electron chi connectivity index (χ2n) is 4.18. The van der Waals surface area contributed by atoms with Crippen LogP contribution in [0.5, 0.6) is 0 Å². The molecular weight excluding hydrogens is 164 g/mol. The van der Waals surface area contributed by atoms with Crippen LogP contribution in [0.2, 0.25) is 0 Å². The molecule has 13 heavy (non-hydrogen) atoms. The third kappa shape index (κ3) is 1.01. The highest BCUT2D eigenvalue weighted by Crippen LogP contribution is 2.54. The van der Waals surface area contributed by atoms with Crippen molar-refractivity contribution >= 4 is 0 Å². The maximum atomic E-state index is 4.19. The molecule has 1 saturated carbocycles. The van der Waals surface area contributed by atoms with Crippen LogP contribution < -0.4 is 5.32 Å². The minimum atomic E-state index is 0.527. The fourth-order valence-electron chi connectivity index (χ4n) is 2.79. The second-order valence-corrected chi connectivity index (χ2v) is 4.18. The molecule has 70 valence electrons. The van der Waals surface area contributed by atoms with Crippen LogP contribution in [0.1, 0.15) is 13.0 Å². The summed E-state index contributed by atoms with van der Waals surface area (Å²) in [5.41, 5.74) is 0. The van der Waals surface area contributed by atoms with E-state index in [2.05, 4.69) is 22.3 Å². The van der Waals surface area contributed by atoms with Gasteiger partial charge in [0, 0.05) is 0 Å². The number of nitrogens with zero attached hydrogens (tertiary/aromatic N) is 3. The molecule has 1 aromatic rings. The molecule has 1 unspecified atom stereocenters. The van der Waals surface area contributed by atoms with E-state index >= 15 is 0 Å². The Morgan fingerprint density at radius 1 is 1.46 bits per heavy atom. The van der Waals surface area contributed by atoms with Crippen molar-refractivity contribution in [3.8, 4) is 0 Å². The highest BCUT2D eigenvalue weighted by Gasteiger charge is 2.55. The SMILES string of the molecule is CC([C@H]1[C@@H]2CNC[C@@H]21)n1cncn1. The Balaban J connectivity index is 1.74. The number of rotatable bonds is 2. The zero-order chi connectivity index (χ0) is 8.84. The summed E-state index contributed by atoms with van der Waals surface area (Å²) in [6.45, 7) is 4.65. The van der Waals surface area contributed by atoms with Gasteiger partial charge >= 0.3 is 0 Å². The van der Waals surface area contributed by atoms with Crippen LogP contribution in [-0.2, 0) is 0 Å². The molecule has 1 saturated heterocycles. The van der Waals surface area contributed by atoms with Crippen molar-refractivity contribution < 1.29 is 0 Å². The minimum Gasteiger partial charge on any atom is -0.316 e.